The minimum atomic E-state index is -0.427. The second-order valence-electron chi connectivity index (χ2n) is 12.6. The second kappa shape index (κ2) is 14.6. The van der Waals surface area contributed by atoms with Gasteiger partial charge >= 0.3 is 6.03 Å². The van der Waals surface area contributed by atoms with E-state index in [0.717, 1.165) is 33.0 Å². The van der Waals surface area contributed by atoms with E-state index in [0.29, 0.717) is 29.4 Å². The number of hydrogen-bond donors (Lipinski definition) is 3. The summed E-state index contributed by atoms with van der Waals surface area (Å²) in [5, 5.41) is 20.9. The molecule has 3 aromatic carbocycles. The Morgan fingerprint density at radius 2 is 1.67 bits per heavy atom. The zero-order valence-electron chi connectivity index (χ0n) is 27.9. The highest BCUT2D eigenvalue weighted by atomic mass is 35.5. The van der Waals surface area contributed by atoms with Gasteiger partial charge in [0.2, 0.25) is 0 Å². The lowest BCUT2D eigenvalue weighted by Gasteiger charge is -2.17. The zero-order valence-corrected chi connectivity index (χ0v) is 29.5. The van der Waals surface area contributed by atoms with Gasteiger partial charge in [0.05, 0.1) is 28.5 Å². The molecule has 2 aromatic heterocycles. The molecule has 0 fully saturated rings. The fraction of sp³-hybridized carbons (Fsp3) is 0.270. The summed E-state index contributed by atoms with van der Waals surface area (Å²) in [4.78, 5) is 27.7. The number of nitrogens with zero attached hydrogens (tertiary/aromatic N) is 3. The predicted octanol–water partition coefficient (Wildman–Crippen LogP) is 7.98. The number of pyridine rings is 1. The number of hydrogen-bond acceptors (Lipinski definition) is 6. The number of phenolic OH excluding ortho intramolecular Hbond substituents is 1. The van der Waals surface area contributed by atoms with Crippen molar-refractivity contribution in [1.82, 2.24) is 19.7 Å². The minimum Gasteiger partial charge on any atom is -0.506 e. The van der Waals surface area contributed by atoms with Crippen molar-refractivity contribution in [2.24, 2.45) is 0 Å². The number of carbonyl (C=O) groups is 1. The number of amides is 2. The Hall–Kier alpha value is -4.67. The third kappa shape index (κ3) is 7.89. The maximum atomic E-state index is 13.4. The lowest BCUT2D eigenvalue weighted by atomic mass is 9.92. The third-order valence-electron chi connectivity index (χ3n) is 8.06. The van der Waals surface area contributed by atoms with E-state index in [9.17, 15) is 14.7 Å². The highest BCUT2D eigenvalue weighted by molar-refractivity contribution is 7.98. The van der Waals surface area contributed by atoms with E-state index in [1.165, 1.54) is 6.07 Å². The molecule has 0 spiro atoms. The van der Waals surface area contributed by atoms with Crippen LogP contribution in [-0.4, -0.2) is 31.7 Å². The maximum Gasteiger partial charge on any atom is 0.320 e. The van der Waals surface area contributed by atoms with Crippen LogP contribution in [0.4, 0.5) is 10.6 Å². The number of benzene rings is 3. The Morgan fingerprint density at radius 3 is 2.35 bits per heavy atom. The van der Waals surface area contributed by atoms with Crippen LogP contribution in [0, 0.1) is 13.8 Å². The van der Waals surface area contributed by atoms with Crippen molar-refractivity contribution in [3.63, 3.8) is 0 Å². The number of ether oxygens (including phenoxy) is 1. The normalized spacial score (nSPS) is 11.4. The largest absolute Gasteiger partial charge is 0.506 e. The predicted molar refractivity (Wildman–Crippen MR) is 193 cm³/mol. The fourth-order valence-corrected chi connectivity index (χ4v) is 5.95. The van der Waals surface area contributed by atoms with E-state index >= 15 is 0 Å². The topological polar surface area (TPSA) is 110 Å². The van der Waals surface area contributed by atoms with Gasteiger partial charge in [0, 0.05) is 34.7 Å². The van der Waals surface area contributed by atoms with E-state index in [4.69, 9.17) is 21.4 Å². The van der Waals surface area contributed by atoms with Gasteiger partial charge in [-0.2, -0.15) is 5.10 Å². The molecule has 250 valence electrons. The first-order valence-electron chi connectivity index (χ1n) is 15.5. The Morgan fingerprint density at radius 1 is 0.979 bits per heavy atom. The molecule has 0 aliphatic heterocycles. The number of aromatic hydroxyl groups is 1. The molecule has 0 radical (unpaired) electrons. The second-order valence-corrected chi connectivity index (χ2v) is 13.8. The molecule has 2 amide bonds. The number of halogens is 1. The van der Waals surface area contributed by atoms with Crippen LogP contribution in [0.3, 0.4) is 0 Å². The van der Waals surface area contributed by atoms with Gasteiger partial charge in [0.15, 0.2) is 0 Å². The molecule has 0 aliphatic rings. The monoisotopic (exact) mass is 685 g/mol. The van der Waals surface area contributed by atoms with Gasteiger partial charge in [0.1, 0.15) is 23.9 Å². The van der Waals surface area contributed by atoms with E-state index < -0.39 is 6.03 Å². The van der Waals surface area contributed by atoms with Crippen LogP contribution in [0.25, 0.3) is 5.69 Å². The van der Waals surface area contributed by atoms with Crippen LogP contribution >= 0.6 is 23.4 Å². The summed E-state index contributed by atoms with van der Waals surface area (Å²) < 4.78 is 9.55. The van der Waals surface area contributed by atoms with Gasteiger partial charge in [0.25, 0.3) is 5.56 Å². The average molecular weight is 686 g/mol. The molecule has 11 heteroatoms. The summed E-state index contributed by atoms with van der Waals surface area (Å²) in [5.74, 6) is 0.886. The minimum absolute atomic E-state index is 0.0836. The summed E-state index contributed by atoms with van der Waals surface area (Å²) in [6, 6.07) is 23.9. The molecular formula is C37H40ClN5O4S. The summed E-state index contributed by atoms with van der Waals surface area (Å²) in [5.41, 5.74) is 5.13. The van der Waals surface area contributed by atoms with Crippen LogP contribution in [-0.2, 0) is 25.1 Å². The van der Waals surface area contributed by atoms with Gasteiger partial charge < -0.3 is 19.7 Å². The van der Waals surface area contributed by atoms with E-state index in [1.54, 1.807) is 40.1 Å². The van der Waals surface area contributed by atoms with E-state index in [-0.39, 0.29) is 34.9 Å². The summed E-state index contributed by atoms with van der Waals surface area (Å²) >= 11 is 7.68. The maximum absolute atomic E-state index is 13.4. The molecule has 9 nitrogen and oxygen atoms in total. The molecule has 0 atom stereocenters. The number of rotatable bonds is 10. The molecule has 5 aromatic rings. The number of phenols is 1. The van der Waals surface area contributed by atoms with Crippen LogP contribution in [0.2, 0.25) is 5.02 Å². The number of anilines is 1. The quantitative estimate of drug-likeness (QED) is 0.129. The Labute approximate surface area is 289 Å². The molecule has 0 aliphatic carbocycles. The molecule has 0 saturated heterocycles. The lowest BCUT2D eigenvalue weighted by molar-refractivity contribution is 0.251. The van der Waals surface area contributed by atoms with Crippen molar-refractivity contribution >= 4 is 35.2 Å². The molecule has 2 heterocycles. The van der Waals surface area contributed by atoms with Crippen LogP contribution in [0.1, 0.15) is 54.4 Å². The van der Waals surface area contributed by atoms with Gasteiger partial charge in [-0.15, -0.1) is 11.8 Å². The van der Waals surface area contributed by atoms with Crippen molar-refractivity contribution in [3.05, 3.63) is 128 Å². The molecule has 0 unspecified atom stereocenters. The van der Waals surface area contributed by atoms with E-state index in [1.807, 2.05) is 88.5 Å². The summed E-state index contributed by atoms with van der Waals surface area (Å²) in [6.07, 6.45) is 2.03. The van der Waals surface area contributed by atoms with E-state index in [2.05, 4.69) is 16.7 Å². The molecule has 48 heavy (non-hydrogen) atoms. The number of aryl methyl sites for hydroxylation is 1. The van der Waals surface area contributed by atoms with Crippen molar-refractivity contribution in [3.8, 4) is 17.2 Å². The van der Waals surface area contributed by atoms with Crippen molar-refractivity contribution in [1.29, 1.82) is 0 Å². The van der Waals surface area contributed by atoms with Gasteiger partial charge in [-0.1, -0.05) is 74.8 Å². The lowest BCUT2D eigenvalue weighted by Crippen LogP contribution is -2.29. The third-order valence-corrected chi connectivity index (χ3v) is 9.21. The van der Waals surface area contributed by atoms with Crippen molar-refractivity contribution in [2.75, 3.05) is 11.6 Å². The average Bonchev–Trinajstić information content (AvgIpc) is 3.49. The first kappa shape index (κ1) is 34.7. The molecule has 3 N–H and O–H groups in total. The smallest absolute Gasteiger partial charge is 0.320 e. The number of carbonyl (C=O) groups excluding carboxylic acids is 1. The summed E-state index contributed by atoms with van der Waals surface area (Å²) in [7, 11) is 0. The number of thioether (sulfide) groups is 1. The van der Waals surface area contributed by atoms with Crippen LogP contribution < -0.4 is 20.9 Å². The SMILES string of the molecule is CSc1ccccc1Cn1c(C)cc(OCc2ccccc2CNC(=O)Nc2cc(C(C)(C)C)nn2-c2ccc(Cl)c(O)c2)c(C)c1=O. The van der Waals surface area contributed by atoms with Crippen LogP contribution in [0.5, 0.6) is 11.5 Å². The zero-order chi connectivity index (χ0) is 34.6. The molecular weight excluding hydrogens is 646 g/mol. The Kier molecular flexibility index (Phi) is 10.6. The summed E-state index contributed by atoms with van der Waals surface area (Å²) in [6.45, 7) is 10.7. The molecule has 5 rings (SSSR count). The Bertz CT molecular complexity index is 2010. The molecule has 0 bridgehead atoms. The number of aromatic nitrogens is 3. The fourth-order valence-electron chi connectivity index (χ4n) is 5.22. The standard InChI is InChI=1S/C37H40ClN5O4S/c1-23-17-31(24(2)35(45)42(23)21-26-12-9-10-14-32(26)48-6)47-22-27-13-8-7-11-25(27)20-39-36(46)40-34-19-33(37(3,4)5)41-43(34)28-15-16-29(38)30(44)18-28/h7-19,44H,20-22H2,1-6H3,(H2,39,40,46). The van der Waals surface area contributed by atoms with Crippen molar-refractivity contribution in [2.45, 2.75) is 64.6 Å². The van der Waals surface area contributed by atoms with Gasteiger partial charge in [-0.05, 0) is 61.1 Å². The van der Waals surface area contributed by atoms with Gasteiger partial charge in [-0.3, -0.25) is 10.1 Å². The van der Waals surface area contributed by atoms with Gasteiger partial charge in [-0.25, -0.2) is 9.48 Å². The number of urea groups is 1. The van der Waals surface area contributed by atoms with Crippen LogP contribution in [0.15, 0.2) is 88.6 Å². The molecule has 0 saturated carbocycles. The Balaban J connectivity index is 1.28. The number of nitrogens with one attached hydrogen (secondary N) is 2. The highest BCUT2D eigenvalue weighted by Crippen LogP contribution is 2.30. The highest BCUT2D eigenvalue weighted by Gasteiger charge is 2.22. The van der Waals surface area contributed by atoms with Crippen molar-refractivity contribution < 1.29 is 14.6 Å². The first-order chi connectivity index (χ1) is 22.8. The first-order valence-corrected chi connectivity index (χ1v) is 17.1.